The molecule has 1 heterocycles. The van der Waals surface area contributed by atoms with Gasteiger partial charge < -0.3 is 15.2 Å². The average molecular weight is 427 g/mol. The van der Waals surface area contributed by atoms with Crippen LogP contribution in [0.3, 0.4) is 0 Å². The van der Waals surface area contributed by atoms with E-state index in [2.05, 4.69) is 5.32 Å². The number of ether oxygens (including phenoxy) is 1. The summed E-state index contributed by atoms with van der Waals surface area (Å²) in [5.41, 5.74) is 3.77. The van der Waals surface area contributed by atoms with Crippen LogP contribution in [0, 0.1) is 0 Å². The molecular weight excluding hydrogens is 407 g/mol. The van der Waals surface area contributed by atoms with Crippen LogP contribution in [0.5, 0.6) is 5.75 Å². The van der Waals surface area contributed by atoms with Gasteiger partial charge in [0.15, 0.2) is 0 Å². The van der Waals surface area contributed by atoms with Gasteiger partial charge in [0.2, 0.25) is 0 Å². The Labute approximate surface area is 179 Å². The van der Waals surface area contributed by atoms with Gasteiger partial charge in [-0.1, -0.05) is 47.5 Å². The van der Waals surface area contributed by atoms with E-state index in [0.29, 0.717) is 15.8 Å². The zero-order valence-corrected chi connectivity index (χ0v) is 17.3. The first kappa shape index (κ1) is 19.8. The third-order valence-electron chi connectivity index (χ3n) is 4.97. The van der Waals surface area contributed by atoms with Gasteiger partial charge in [0.05, 0.1) is 19.8 Å². The summed E-state index contributed by atoms with van der Waals surface area (Å²) in [6.07, 6.45) is 0. The number of amidine groups is 1. The van der Waals surface area contributed by atoms with Crippen LogP contribution in [0.2, 0.25) is 10.0 Å². The lowest BCUT2D eigenvalue weighted by Gasteiger charge is -2.20. The van der Waals surface area contributed by atoms with Gasteiger partial charge in [-0.25, -0.2) is 0 Å². The first-order valence-electron chi connectivity index (χ1n) is 9.22. The number of aliphatic hydroxyl groups excluding tert-OH is 1. The van der Waals surface area contributed by atoms with Gasteiger partial charge in [0.25, 0.3) is 0 Å². The number of hydrogen-bond acceptors (Lipinski definition) is 4. The van der Waals surface area contributed by atoms with Crippen LogP contribution in [0.15, 0.2) is 71.7 Å². The highest BCUT2D eigenvalue weighted by Crippen LogP contribution is 2.38. The summed E-state index contributed by atoms with van der Waals surface area (Å²) in [7, 11) is 1.61. The summed E-state index contributed by atoms with van der Waals surface area (Å²) in [6.45, 7) is -0.0707. The predicted molar refractivity (Wildman–Crippen MR) is 117 cm³/mol. The molecule has 148 valence electrons. The second kappa shape index (κ2) is 8.46. The summed E-state index contributed by atoms with van der Waals surface area (Å²) in [4.78, 5) is 4.98. The largest absolute Gasteiger partial charge is 0.497 e. The van der Waals surface area contributed by atoms with Crippen molar-refractivity contribution in [3.63, 3.8) is 0 Å². The fourth-order valence-corrected chi connectivity index (χ4v) is 3.76. The van der Waals surface area contributed by atoms with Crippen molar-refractivity contribution in [3.05, 3.63) is 99.0 Å². The Kier molecular flexibility index (Phi) is 5.76. The van der Waals surface area contributed by atoms with Crippen molar-refractivity contribution < 1.29 is 9.84 Å². The molecule has 3 aromatic rings. The number of nitrogens with zero attached hydrogens (tertiary/aromatic N) is 1. The second-order valence-electron chi connectivity index (χ2n) is 6.88. The molecule has 0 fully saturated rings. The molecule has 0 aromatic heterocycles. The minimum absolute atomic E-state index is 0.0628. The highest BCUT2D eigenvalue weighted by Gasteiger charge is 2.32. The van der Waals surface area contributed by atoms with Gasteiger partial charge >= 0.3 is 0 Å². The van der Waals surface area contributed by atoms with E-state index in [9.17, 15) is 5.11 Å². The van der Waals surface area contributed by atoms with Gasteiger partial charge in [0, 0.05) is 15.6 Å². The normalized spacial score (nSPS) is 18.3. The van der Waals surface area contributed by atoms with Crippen LogP contribution in [0.1, 0.15) is 34.3 Å². The highest BCUT2D eigenvalue weighted by atomic mass is 35.5. The lowest BCUT2D eigenvalue weighted by molar-refractivity contribution is 0.281. The number of methoxy groups -OCH3 is 1. The molecule has 6 heteroatoms. The summed E-state index contributed by atoms with van der Waals surface area (Å²) in [5.74, 6) is 1.42. The Bertz CT molecular complexity index is 1010. The number of hydrogen-bond donors (Lipinski definition) is 2. The number of benzene rings is 3. The van der Waals surface area contributed by atoms with Crippen LogP contribution in [0.25, 0.3) is 0 Å². The Morgan fingerprint density at radius 2 is 1.55 bits per heavy atom. The lowest BCUT2D eigenvalue weighted by atomic mass is 9.95. The molecule has 0 saturated carbocycles. The van der Waals surface area contributed by atoms with Gasteiger partial charge in [-0.05, 0) is 59.2 Å². The van der Waals surface area contributed by atoms with E-state index in [4.69, 9.17) is 32.9 Å². The second-order valence-corrected chi connectivity index (χ2v) is 7.75. The van der Waals surface area contributed by atoms with Crippen molar-refractivity contribution in [2.75, 3.05) is 7.11 Å². The molecule has 29 heavy (non-hydrogen) atoms. The molecule has 0 saturated heterocycles. The van der Waals surface area contributed by atoms with E-state index >= 15 is 0 Å². The average Bonchev–Trinajstić information content (AvgIpc) is 3.20. The SMILES string of the molecule is COc1cc(CO)cc(C2=NC(c3ccc(Cl)cc3)C(c3ccc(Cl)cc3)N2)c1. The van der Waals surface area contributed by atoms with Gasteiger partial charge in [-0.2, -0.15) is 0 Å². The van der Waals surface area contributed by atoms with Crippen LogP contribution in [-0.2, 0) is 6.61 Å². The molecule has 1 aliphatic heterocycles. The smallest absolute Gasteiger partial charge is 0.129 e. The molecule has 0 spiro atoms. The highest BCUT2D eigenvalue weighted by molar-refractivity contribution is 6.30. The van der Waals surface area contributed by atoms with E-state index in [1.54, 1.807) is 7.11 Å². The van der Waals surface area contributed by atoms with Crippen molar-refractivity contribution in [2.24, 2.45) is 4.99 Å². The van der Waals surface area contributed by atoms with Crippen LogP contribution in [0.4, 0.5) is 0 Å². The maximum atomic E-state index is 9.60. The molecule has 3 aromatic carbocycles. The van der Waals surface area contributed by atoms with E-state index in [1.807, 2.05) is 66.7 Å². The number of halogens is 2. The van der Waals surface area contributed by atoms with Crippen molar-refractivity contribution in [1.29, 1.82) is 0 Å². The first-order valence-corrected chi connectivity index (χ1v) is 9.97. The van der Waals surface area contributed by atoms with Gasteiger partial charge in [-0.15, -0.1) is 0 Å². The van der Waals surface area contributed by atoms with Gasteiger partial charge in [-0.3, -0.25) is 4.99 Å². The molecule has 0 aliphatic carbocycles. The molecular formula is C23H20Cl2N2O2. The van der Waals surface area contributed by atoms with Crippen molar-refractivity contribution in [1.82, 2.24) is 5.32 Å². The summed E-state index contributed by atoms with van der Waals surface area (Å²) in [5, 5.41) is 14.5. The summed E-state index contributed by atoms with van der Waals surface area (Å²) in [6, 6.07) is 21.0. The topological polar surface area (TPSA) is 53.9 Å². The maximum Gasteiger partial charge on any atom is 0.129 e. The first-order chi connectivity index (χ1) is 14.1. The molecule has 0 radical (unpaired) electrons. The number of aliphatic imine (C=N–C) groups is 1. The number of rotatable bonds is 5. The molecule has 0 bridgehead atoms. The number of nitrogens with one attached hydrogen (secondary N) is 1. The zero-order valence-electron chi connectivity index (χ0n) is 15.8. The summed E-state index contributed by atoms with van der Waals surface area (Å²) >= 11 is 12.2. The Morgan fingerprint density at radius 1 is 0.931 bits per heavy atom. The minimum atomic E-state index is -0.132. The Hall–Kier alpha value is -2.53. The quantitative estimate of drug-likeness (QED) is 0.579. The molecule has 2 atom stereocenters. The third kappa shape index (κ3) is 4.25. The molecule has 2 N–H and O–H groups in total. The van der Waals surface area contributed by atoms with Crippen molar-refractivity contribution >= 4 is 29.0 Å². The van der Waals surface area contributed by atoms with Crippen molar-refractivity contribution in [2.45, 2.75) is 18.7 Å². The van der Waals surface area contributed by atoms with Crippen LogP contribution < -0.4 is 10.1 Å². The lowest BCUT2D eigenvalue weighted by Crippen LogP contribution is -2.25. The third-order valence-corrected chi connectivity index (χ3v) is 5.48. The number of aliphatic hydroxyl groups is 1. The fraction of sp³-hybridized carbons (Fsp3) is 0.174. The monoisotopic (exact) mass is 426 g/mol. The maximum absolute atomic E-state index is 9.60. The van der Waals surface area contributed by atoms with E-state index in [1.165, 1.54) is 0 Å². The van der Waals surface area contributed by atoms with Crippen LogP contribution in [-0.4, -0.2) is 18.1 Å². The molecule has 0 amide bonds. The molecule has 4 rings (SSSR count). The molecule has 1 aliphatic rings. The Balaban J connectivity index is 1.76. The molecule has 4 nitrogen and oxygen atoms in total. The zero-order chi connectivity index (χ0) is 20.4. The minimum Gasteiger partial charge on any atom is -0.497 e. The van der Waals surface area contributed by atoms with Crippen LogP contribution >= 0.6 is 23.2 Å². The standard InChI is InChI=1S/C23H20Cl2N2O2/c1-29-20-11-14(13-28)10-17(12-20)23-26-21(15-2-6-18(24)7-3-15)22(27-23)16-4-8-19(25)9-5-16/h2-12,21-22,28H,13H2,1H3,(H,26,27). The predicted octanol–water partition coefficient (Wildman–Crippen LogP) is 5.33. The van der Waals surface area contributed by atoms with E-state index < -0.39 is 0 Å². The summed E-state index contributed by atoms with van der Waals surface area (Å²) < 4.78 is 5.38. The van der Waals surface area contributed by atoms with E-state index in [-0.39, 0.29) is 18.7 Å². The van der Waals surface area contributed by atoms with E-state index in [0.717, 1.165) is 28.1 Å². The fourth-order valence-electron chi connectivity index (χ4n) is 3.50. The molecule has 2 unspecified atom stereocenters. The van der Waals surface area contributed by atoms with Crippen molar-refractivity contribution in [3.8, 4) is 5.75 Å². The van der Waals surface area contributed by atoms with Gasteiger partial charge in [0.1, 0.15) is 17.6 Å². The Morgan fingerprint density at radius 3 is 2.14 bits per heavy atom.